The van der Waals surface area contributed by atoms with Gasteiger partial charge in [0.1, 0.15) is 0 Å². The summed E-state index contributed by atoms with van der Waals surface area (Å²) < 4.78 is 1.21. The number of halogens is 1. The number of hydrogen-bond acceptors (Lipinski definition) is 3. The Bertz CT molecular complexity index is 559. The lowest BCUT2D eigenvalue weighted by Crippen LogP contribution is -1.76. The number of benzene rings is 1. The van der Waals surface area contributed by atoms with Crippen LogP contribution in [-0.4, -0.2) is 15.2 Å². The topological polar surface area (TPSA) is 41.6 Å². The Hall–Kier alpha value is -1.39. The minimum absolute atomic E-state index is 0. The number of aromatic amines is 1. The number of nitrogens with one attached hydrogen (secondary N) is 1. The predicted octanol–water partition coefficient (Wildman–Crippen LogP) is 3.11. The number of hydrogen-bond donors (Lipinski definition) is 1. The van der Waals surface area contributed by atoms with Crippen molar-refractivity contribution in [3.05, 3.63) is 36.1 Å². The van der Waals surface area contributed by atoms with Crippen LogP contribution in [0.1, 0.15) is 0 Å². The molecule has 3 nitrogen and oxygen atoms in total. The molecule has 0 spiro atoms. The monoisotopic (exact) mass is 237 g/mol. The maximum atomic E-state index is 4.35. The van der Waals surface area contributed by atoms with Crippen LogP contribution >= 0.6 is 23.7 Å². The van der Waals surface area contributed by atoms with Gasteiger partial charge in [0.2, 0.25) is 0 Å². The SMILES string of the molecule is Cl.c1cc(-c2cn[nH]c2)c2ncsc2c1. The van der Waals surface area contributed by atoms with Crippen molar-refractivity contribution in [1.82, 2.24) is 15.2 Å². The highest BCUT2D eigenvalue weighted by Gasteiger charge is 2.05. The minimum Gasteiger partial charge on any atom is -0.285 e. The second kappa shape index (κ2) is 4.00. The minimum atomic E-state index is 0. The predicted molar refractivity (Wildman–Crippen MR) is 64.4 cm³/mol. The summed E-state index contributed by atoms with van der Waals surface area (Å²) in [5.41, 5.74) is 5.15. The average Bonchev–Trinajstić information content (AvgIpc) is 2.88. The number of thiazole rings is 1. The lowest BCUT2D eigenvalue weighted by Gasteiger charge is -1.96. The number of fused-ring (bicyclic) bond motifs is 1. The van der Waals surface area contributed by atoms with Gasteiger partial charge >= 0.3 is 0 Å². The molecular formula is C10H8ClN3S. The molecule has 3 aromatic rings. The average molecular weight is 238 g/mol. The van der Waals surface area contributed by atoms with Gasteiger partial charge in [-0.15, -0.1) is 23.7 Å². The highest BCUT2D eigenvalue weighted by molar-refractivity contribution is 7.16. The maximum absolute atomic E-state index is 4.35. The molecule has 0 saturated carbocycles. The number of para-hydroxylation sites is 1. The zero-order valence-electron chi connectivity index (χ0n) is 7.68. The lowest BCUT2D eigenvalue weighted by atomic mass is 10.1. The summed E-state index contributed by atoms with van der Waals surface area (Å²) in [6.45, 7) is 0. The van der Waals surface area contributed by atoms with Gasteiger partial charge in [-0.1, -0.05) is 12.1 Å². The van der Waals surface area contributed by atoms with Crippen molar-refractivity contribution in [1.29, 1.82) is 0 Å². The molecule has 0 saturated heterocycles. The molecular weight excluding hydrogens is 230 g/mol. The van der Waals surface area contributed by atoms with Crippen LogP contribution in [0.25, 0.3) is 21.3 Å². The van der Waals surface area contributed by atoms with Gasteiger partial charge in [-0.25, -0.2) is 4.98 Å². The van der Waals surface area contributed by atoms with Crippen LogP contribution in [0, 0.1) is 0 Å². The second-order valence-electron chi connectivity index (χ2n) is 2.99. The molecule has 1 aromatic carbocycles. The van der Waals surface area contributed by atoms with E-state index in [0.29, 0.717) is 0 Å². The van der Waals surface area contributed by atoms with E-state index in [0.717, 1.165) is 16.6 Å². The van der Waals surface area contributed by atoms with Crippen molar-refractivity contribution in [3.8, 4) is 11.1 Å². The third-order valence-corrected chi connectivity index (χ3v) is 2.96. The fraction of sp³-hybridized carbons (Fsp3) is 0. The van der Waals surface area contributed by atoms with Crippen LogP contribution in [-0.2, 0) is 0 Å². The molecule has 2 heterocycles. The molecule has 0 bridgehead atoms. The van der Waals surface area contributed by atoms with E-state index in [4.69, 9.17) is 0 Å². The van der Waals surface area contributed by atoms with Crippen LogP contribution in [0.3, 0.4) is 0 Å². The van der Waals surface area contributed by atoms with E-state index in [1.807, 2.05) is 24.0 Å². The van der Waals surface area contributed by atoms with Gasteiger partial charge in [0.05, 0.1) is 21.9 Å². The summed E-state index contributed by atoms with van der Waals surface area (Å²) in [4.78, 5) is 4.35. The van der Waals surface area contributed by atoms with E-state index in [9.17, 15) is 0 Å². The fourth-order valence-corrected chi connectivity index (χ4v) is 2.22. The molecule has 0 aliphatic heterocycles. The van der Waals surface area contributed by atoms with Crippen LogP contribution in [0.15, 0.2) is 36.1 Å². The van der Waals surface area contributed by atoms with Gasteiger partial charge in [-0.3, -0.25) is 5.10 Å². The van der Waals surface area contributed by atoms with Gasteiger partial charge in [-0.2, -0.15) is 5.10 Å². The van der Waals surface area contributed by atoms with E-state index in [2.05, 4.69) is 27.3 Å². The molecule has 0 fully saturated rings. The van der Waals surface area contributed by atoms with Crippen LogP contribution < -0.4 is 0 Å². The molecule has 0 unspecified atom stereocenters. The van der Waals surface area contributed by atoms with Crippen LogP contribution in [0.5, 0.6) is 0 Å². The Kier molecular flexibility index (Phi) is 2.70. The van der Waals surface area contributed by atoms with Crippen molar-refractivity contribution >= 4 is 34.0 Å². The first kappa shape index (κ1) is 10.1. The number of rotatable bonds is 1. The molecule has 1 N–H and O–H groups in total. The first-order valence-corrected chi connectivity index (χ1v) is 5.14. The smallest absolute Gasteiger partial charge is 0.0891 e. The van der Waals surface area contributed by atoms with E-state index in [-0.39, 0.29) is 12.4 Å². The Morgan fingerprint density at radius 1 is 1.27 bits per heavy atom. The van der Waals surface area contributed by atoms with Crippen molar-refractivity contribution in [2.45, 2.75) is 0 Å². The standard InChI is InChI=1S/C10H7N3S.ClH/c1-2-8(7-4-12-13-5-7)10-9(3-1)14-6-11-10;/h1-6H,(H,12,13);1H. The number of H-pyrrole nitrogens is 1. The number of aromatic nitrogens is 3. The van der Waals surface area contributed by atoms with Crippen molar-refractivity contribution in [2.75, 3.05) is 0 Å². The van der Waals surface area contributed by atoms with Crippen LogP contribution in [0.4, 0.5) is 0 Å². The molecule has 0 atom stereocenters. The molecule has 0 aliphatic carbocycles. The van der Waals surface area contributed by atoms with Gasteiger partial charge < -0.3 is 0 Å². The summed E-state index contributed by atoms with van der Waals surface area (Å²) in [5.74, 6) is 0. The van der Waals surface area contributed by atoms with Gasteiger partial charge in [0.15, 0.2) is 0 Å². The molecule has 0 radical (unpaired) electrons. The molecule has 3 rings (SSSR count). The van der Waals surface area contributed by atoms with Crippen molar-refractivity contribution < 1.29 is 0 Å². The third-order valence-electron chi connectivity index (χ3n) is 2.17. The molecule has 0 aliphatic rings. The van der Waals surface area contributed by atoms with Crippen LogP contribution in [0.2, 0.25) is 0 Å². The lowest BCUT2D eigenvalue weighted by molar-refractivity contribution is 1.09. The Balaban J connectivity index is 0.000000853. The largest absolute Gasteiger partial charge is 0.285 e. The Labute approximate surface area is 96.6 Å². The maximum Gasteiger partial charge on any atom is 0.0891 e. The summed E-state index contributed by atoms with van der Waals surface area (Å²) in [6, 6.07) is 6.19. The molecule has 76 valence electrons. The van der Waals surface area contributed by atoms with Crippen molar-refractivity contribution in [2.24, 2.45) is 0 Å². The number of nitrogens with zero attached hydrogens (tertiary/aromatic N) is 2. The van der Waals surface area contributed by atoms with E-state index < -0.39 is 0 Å². The quantitative estimate of drug-likeness (QED) is 0.707. The van der Waals surface area contributed by atoms with E-state index in [1.165, 1.54) is 4.70 Å². The zero-order valence-corrected chi connectivity index (χ0v) is 9.31. The summed E-state index contributed by atoms with van der Waals surface area (Å²) in [6.07, 6.45) is 3.70. The highest BCUT2D eigenvalue weighted by Crippen LogP contribution is 2.28. The first-order chi connectivity index (χ1) is 6.95. The Morgan fingerprint density at radius 3 is 3.00 bits per heavy atom. The summed E-state index contributed by atoms with van der Waals surface area (Å²) >= 11 is 1.66. The third kappa shape index (κ3) is 1.62. The fourth-order valence-electron chi connectivity index (χ4n) is 1.52. The molecule has 5 heteroatoms. The summed E-state index contributed by atoms with van der Waals surface area (Å²) in [7, 11) is 0. The van der Waals surface area contributed by atoms with E-state index >= 15 is 0 Å². The molecule has 0 amide bonds. The summed E-state index contributed by atoms with van der Waals surface area (Å²) in [5, 5.41) is 6.75. The second-order valence-corrected chi connectivity index (χ2v) is 3.88. The zero-order chi connectivity index (χ0) is 9.38. The highest BCUT2D eigenvalue weighted by atomic mass is 35.5. The van der Waals surface area contributed by atoms with E-state index in [1.54, 1.807) is 11.3 Å². The van der Waals surface area contributed by atoms with Gasteiger partial charge in [0, 0.05) is 17.3 Å². The first-order valence-electron chi connectivity index (χ1n) is 4.26. The Morgan fingerprint density at radius 2 is 2.20 bits per heavy atom. The molecule has 2 aromatic heterocycles. The molecule has 15 heavy (non-hydrogen) atoms. The normalized spacial score (nSPS) is 10.1. The van der Waals surface area contributed by atoms with Gasteiger partial charge in [-0.05, 0) is 6.07 Å². The van der Waals surface area contributed by atoms with Gasteiger partial charge in [0.25, 0.3) is 0 Å². The van der Waals surface area contributed by atoms with Crippen molar-refractivity contribution in [3.63, 3.8) is 0 Å².